The van der Waals surface area contributed by atoms with Gasteiger partial charge in [-0.05, 0) is 0 Å². The molecule has 3 heterocycles. The van der Waals surface area contributed by atoms with E-state index in [0.717, 1.165) is 0 Å². The van der Waals surface area contributed by atoms with Gasteiger partial charge in [-0.1, -0.05) is 0 Å². The van der Waals surface area contributed by atoms with Gasteiger partial charge in [0.15, 0.2) is 18.9 Å². The van der Waals surface area contributed by atoms with Crippen LogP contribution in [0.3, 0.4) is 0 Å². The lowest BCUT2D eigenvalue weighted by Gasteiger charge is -2.47. The monoisotopic (exact) mass is 504 g/mol. The zero-order chi connectivity index (χ0) is 25.3. The van der Waals surface area contributed by atoms with Crippen molar-refractivity contribution < 1.29 is 79.9 Å². The molecule has 34 heavy (non-hydrogen) atoms. The molecule has 0 saturated carbocycles. The van der Waals surface area contributed by atoms with Crippen LogP contribution in [0.5, 0.6) is 0 Å². The van der Waals surface area contributed by atoms with E-state index in [0.29, 0.717) is 0 Å². The summed E-state index contributed by atoms with van der Waals surface area (Å²) in [5.41, 5.74) is 0. The summed E-state index contributed by atoms with van der Waals surface area (Å²) >= 11 is 0. The molecule has 16 nitrogen and oxygen atoms in total. The highest BCUT2D eigenvalue weighted by molar-refractivity contribution is 4.96. The van der Waals surface area contributed by atoms with Crippen molar-refractivity contribution in [2.75, 3.05) is 19.8 Å². The van der Waals surface area contributed by atoms with Gasteiger partial charge in [-0.25, -0.2) is 0 Å². The topological polar surface area (TPSA) is 269 Å². The predicted octanol–water partition coefficient (Wildman–Crippen LogP) is -7.57. The molecule has 0 aromatic rings. The van der Waals surface area contributed by atoms with Crippen LogP contribution < -0.4 is 0 Å². The normalized spacial score (nSPS) is 52.5. The molecule has 0 aliphatic carbocycles. The summed E-state index contributed by atoms with van der Waals surface area (Å²) in [7, 11) is 0. The predicted molar refractivity (Wildman–Crippen MR) is 101 cm³/mol. The second-order valence-electron chi connectivity index (χ2n) is 8.33. The van der Waals surface area contributed by atoms with Crippen molar-refractivity contribution in [3.8, 4) is 0 Å². The smallest absolute Gasteiger partial charge is 0.187 e. The van der Waals surface area contributed by atoms with Crippen LogP contribution in [0.4, 0.5) is 0 Å². The molecule has 0 aromatic heterocycles. The van der Waals surface area contributed by atoms with Crippen molar-refractivity contribution in [3.05, 3.63) is 0 Å². The number of ether oxygens (including phenoxy) is 5. The zero-order valence-corrected chi connectivity index (χ0v) is 17.7. The minimum Gasteiger partial charge on any atom is -0.394 e. The summed E-state index contributed by atoms with van der Waals surface area (Å²) in [6, 6.07) is 0. The lowest BCUT2D eigenvalue weighted by atomic mass is 9.96. The number of rotatable bonds is 7. The summed E-state index contributed by atoms with van der Waals surface area (Å²) in [5, 5.41) is 109. The lowest BCUT2D eigenvalue weighted by molar-refractivity contribution is -0.377. The molecule has 200 valence electrons. The third-order valence-electron chi connectivity index (χ3n) is 6.09. The molecule has 16 heteroatoms. The fourth-order valence-corrected chi connectivity index (χ4v) is 4.06. The zero-order valence-electron chi connectivity index (χ0n) is 17.7. The SMILES string of the molecule is OC[C@H]1O[C@H](O[C@@H]2[C@H](O)[C@@H](O)[C@@H](O[C@@H]3[C@H](O)[C@@H](O)C(O)O[C@@H]3CO)O[C@@H]2CO)[C@H](O)[C@@H](O)[C@H]1O. The van der Waals surface area contributed by atoms with Gasteiger partial charge in [0.2, 0.25) is 0 Å². The molecule has 0 aromatic carbocycles. The Balaban J connectivity index is 1.72. The molecule has 3 rings (SSSR count). The summed E-state index contributed by atoms with van der Waals surface area (Å²) in [4.78, 5) is 0. The summed E-state index contributed by atoms with van der Waals surface area (Å²) < 4.78 is 26.4. The van der Waals surface area contributed by atoms with Gasteiger partial charge in [0.05, 0.1) is 19.8 Å². The van der Waals surface area contributed by atoms with Crippen LogP contribution in [0, 0.1) is 0 Å². The van der Waals surface area contributed by atoms with E-state index in [1.54, 1.807) is 0 Å². The van der Waals surface area contributed by atoms with E-state index >= 15 is 0 Å². The maximum absolute atomic E-state index is 10.6. The Morgan fingerprint density at radius 2 is 0.853 bits per heavy atom. The number of aliphatic hydroxyl groups is 11. The minimum absolute atomic E-state index is 0.741. The molecular weight excluding hydrogens is 472 g/mol. The molecule has 3 aliphatic heterocycles. The Bertz CT molecular complexity index is 635. The Morgan fingerprint density at radius 3 is 1.35 bits per heavy atom. The van der Waals surface area contributed by atoms with E-state index in [1.165, 1.54) is 0 Å². The van der Waals surface area contributed by atoms with Crippen LogP contribution in [-0.4, -0.2) is 168 Å². The molecule has 3 saturated heterocycles. The van der Waals surface area contributed by atoms with Gasteiger partial charge in [0.25, 0.3) is 0 Å². The first-order chi connectivity index (χ1) is 16.0. The molecular formula is C18H32O16. The largest absolute Gasteiger partial charge is 0.394 e. The van der Waals surface area contributed by atoms with Crippen molar-refractivity contribution in [2.24, 2.45) is 0 Å². The third kappa shape index (κ3) is 5.37. The fraction of sp³-hybridized carbons (Fsp3) is 1.00. The van der Waals surface area contributed by atoms with Gasteiger partial charge < -0.3 is 79.9 Å². The van der Waals surface area contributed by atoms with Gasteiger partial charge in [0, 0.05) is 0 Å². The maximum atomic E-state index is 10.6. The van der Waals surface area contributed by atoms with Crippen molar-refractivity contribution in [3.63, 3.8) is 0 Å². The van der Waals surface area contributed by atoms with Gasteiger partial charge in [0.1, 0.15) is 73.2 Å². The molecule has 0 amide bonds. The van der Waals surface area contributed by atoms with E-state index < -0.39 is 112 Å². The number of aliphatic hydroxyl groups excluding tert-OH is 11. The number of hydrogen-bond acceptors (Lipinski definition) is 16. The molecule has 0 spiro atoms. The van der Waals surface area contributed by atoms with Crippen molar-refractivity contribution in [1.82, 2.24) is 0 Å². The average molecular weight is 504 g/mol. The van der Waals surface area contributed by atoms with Crippen molar-refractivity contribution >= 4 is 0 Å². The first kappa shape index (κ1) is 27.9. The molecule has 11 N–H and O–H groups in total. The highest BCUT2D eigenvalue weighted by Crippen LogP contribution is 2.32. The molecule has 3 fully saturated rings. The Labute approximate surface area is 192 Å². The standard InChI is InChI=1S/C18H32O16/c19-1-4-7(22)8(23)12(27)17(31-4)34-15-6(3-21)32-18(13(28)10(15)25)33-14-5(2-20)30-16(29)11(26)9(14)24/h4-29H,1-3H2/t4-,5-,6-,7+,8+,9-,10-,11-,12-,13-,14+,15+,16?,17-,18-/m1/s1. The van der Waals surface area contributed by atoms with E-state index in [9.17, 15) is 56.2 Å². The first-order valence-electron chi connectivity index (χ1n) is 10.6. The Morgan fingerprint density at radius 1 is 0.441 bits per heavy atom. The van der Waals surface area contributed by atoms with Gasteiger partial charge >= 0.3 is 0 Å². The van der Waals surface area contributed by atoms with Crippen LogP contribution in [0.25, 0.3) is 0 Å². The summed E-state index contributed by atoms with van der Waals surface area (Å²) in [6.07, 6.45) is -25.1. The quantitative estimate of drug-likeness (QED) is 0.154. The molecule has 0 bridgehead atoms. The average Bonchev–Trinajstić information content (AvgIpc) is 2.83. The molecule has 15 atom stereocenters. The van der Waals surface area contributed by atoms with Crippen LogP contribution >= 0.6 is 0 Å². The van der Waals surface area contributed by atoms with Gasteiger partial charge in [-0.2, -0.15) is 0 Å². The van der Waals surface area contributed by atoms with Crippen molar-refractivity contribution in [1.29, 1.82) is 0 Å². The maximum Gasteiger partial charge on any atom is 0.187 e. The Kier molecular flexibility index (Phi) is 9.54. The van der Waals surface area contributed by atoms with Crippen molar-refractivity contribution in [2.45, 2.75) is 92.1 Å². The van der Waals surface area contributed by atoms with Crippen LogP contribution in [0.1, 0.15) is 0 Å². The van der Waals surface area contributed by atoms with E-state index in [1.807, 2.05) is 0 Å². The van der Waals surface area contributed by atoms with Gasteiger partial charge in [-0.15, -0.1) is 0 Å². The molecule has 0 radical (unpaired) electrons. The van der Waals surface area contributed by atoms with Crippen LogP contribution in [0.2, 0.25) is 0 Å². The third-order valence-corrected chi connectivity index (χ3v) is 6.09. The lowest BCUT2D eigenvalue weighted by Crippen LogP contribution is -2.66. The van der Waals surface area contributed by atoms with Crippen LogP contribution in [-0.2, 0) is 23.7 Å². The summed E-state index contributed by atoms with van der Waals surface area (Å²) in [6.45, 7) is -2.32. The van der Waals surface area contributed by atoms with E-state index in [4.69, 9.17) is 23.7 Å². The van der Waals surface area contributed by atoms with E-state index in [-0.39, 0.29) is 0 Å². The second kappa shape index (κ2) is 11.6. The van der Waals surface area contributed by atoms with Gasteiger partial charge in [-0.3, -0.25) is 0 Å². The highest BCUT2D eigenvalue weighted by Gasteiger charge is 2.53. The minimum atomic E-state index is -1.91. The van der Waals surface area contributed by atoms with E-state index in [2.05, 4.69) is 0 Å². The number of hydrogen-bond donors (Lipinski definition) is 11. The molecule has 1 unspecified atom stereocenters. The fourth-order valence-electron chi connectivity index (χ4n) is 4.06. The first-order valence-corrected chi connectivity index (χ1v) is 10.6. The van der Waals surface area contributed by atoms with Crippen LogP contribution in [0.15, 0.2) is 0 Å². The second-order valence-corrected chi connectivity index (χ2v) is 8.33. The Hall–Kier alpha value is -0.640. The summed E-state index contributed by atoms with van der Waals surface area (Å²) in [5.74, 6) is 0. The highest BCUT2D eigenvalue weighted by atomic mass is 16.8. The molecule has 3 aliphatic rings.